The van der Waals surface area contributed by atoms with E-state index in [9.17, 15) is 9.59 Å². The second-order valence-electron chi connectivity index (χ2n) is 3.29. The minimum atomic E-state index is -1.09. The van der Waals surface area contributed by atoms with Gasteiger partial charge < -0.3 is 10.2 Å². The van der Waals surface area contributed by atoms with E-state index < -0.39 is 11.9 Å². The molecule has 14 heavy (non-hydrogen) atoms. The van der Waals surface area contributed by atoms with Crippen molar-refractivity contribution in [1.29, 1.82) is 0 Å². The Balaban J connectivity index is 4.49. The van der Waals surface area contributed by atoms with Gasteiger partial charge in [-0.25, -0.2) is 9.59 Å². The van der Waals surface area contributed by atoms with E-state index in [-0.39, 0.29) is 11.5 Å². The maximum atomic E-state index is 10.7. The van der Waals surface area contributed by atoms with Gasteiger partial charge >= 0.3 is 11.9 Å². The zero-order chi connectivity index (χ0) is 11.1. The van der Waals surface area contributed by atoms with Gasteiger partial charge in [0.1, 0.15) is 0 Å². The summed E-state index contributed by atoms with van der Waals surface area (Å²) in [5.41, 5.74) is 0.220. The van der Waals surface area contributed by atoms with Crippen LogP contribution in [-0.4, -0.2) is 22.2 Å². The third-order valence-electron chi connectivity index (χ3n) is 1.44. The molecule has 0 aromatic carbocycles. The molecule has 4 nitrogen and oxygen atoms in total. The normalized spacial score (nSPS) is 12.4. The predicted molar refractivity (Wildman–Crippen MR) is 51.9 cm³/mol. The van der Waals surface area contributed by atoms with E-state index in [1.54, 1.807) is 0 Å². The van der Waals surface area contributed by atoms with Crippen molar-refractivity contribution in [2.75, 3.05) is 0 Å². The number of carboxylic acids is 2. The zero-order valence-corrected chi connectivity index (χ0v) is 8.23. The Morgan fingerprint density at radius 1 is 1.29 bits per heavy atom. The van der Waals surface area contributed by atoms with Gasteiger partial charge in [-0.2, -0.15) is 0 Å². The lowest BCUT2D eigenvalue weighted by atomic mass is 10.0. The van der Waals surface area contributed by atoms with E-state index in [2.05, 4.69) is 0 Å². The molecule has 0 radical (unpaired) electrons. The molecule has 2 N–H and O–H groups in total. The molecule has 0 aliphatic carbocycles. The van der Waals surface area contributed by atoms with Gasteiger partial charge in [-0.05, 0) is 12.3 Å². The zero-order valence-electron chi connectivity index (χ0n) is 8.23. The number of aliphatic carboxylic acids is 2. The van der Waals surface area contributed by atoms with E-state index in [1.165, 1.54) is 12.2 Å². The molecule has 0 amide bonds. The van der Waals surface area contributed by atoms with Gasteiger partial charge in [-0.15, -0.1) is 0 Å². The van der Waals surface area contributed by atoms with Crippen LogP contribution in [0.4, 0.5) is 0 Å². The summed E-state index contributed by atoms with van der Waals surface area (Å²) in [7, 11) is 0. The highest BCUT2D eigenvalue weighted by Crippen LogP contribution is 2.10. The van der Waals surface area contributed by atoms with Gasteiger partial charge in [0.2, 0.25) is 0 Å². The highest BCUT2D eigenvalue weighted by atomic mass is 16.4. The van der Waals surface area contributed by atoms with Crippen molar-refractivity contribution >= 4 is 11.9 Å². The number of rotatable bonds is 5. The highest BCUT2D eigenvalue weighted by molar-refractivity contribution is 5.87. The number of carboxylic acid groups (broad SMARTS) is 2. The first-order valence-corrected chi connectivity index (χ1v) is 4.27. The summed E-state index contributed by atoms with van der Waals surface area (Å²) < 4.78 is 0. The van der Waals surface area contributed by atoms with Crippen LogP contribution in [0.3, 0.4) is 0 Å². The third-order valence-corrected chi connectivity index (χ3v) is 1.44. The number of carbonyl (C=O) groups is 2. The second kappa shape index (κ2) is 5.96. The van der Waals surface area contributed by atoms with Crippen LogP contribution >= 0.6 is 0 Å². The fourth-order valence-corrected chi connectivity index (χ4v) is 0.913. The van der Waals surface area contributed by atoms with Crippen molar-refractivity contribution in [1.82, 2.24) is 0 Å². The molecule has 78 valence electrons. The Morgan fingerprint density at radius 3 is 2.21 bits per heavy atom. The summed E-state index contributed by atoms with van der Waals surface area (Å²) in [5.74, 6) is -1.86. The van der Waals surface area contributed by atoms with Gasteiger partial charge in [0.15, 0.2) is 0 Å². The van der Waals surface area contributed by atoms with Crippen molar-refractivity contribution in [2.45, 2.75) is 20.3 Å². The largest absolute Gasteiger partial charge is 0.478 e. The average molecular weight is 198 g/mol. The molecule has 0 spiro atoms. The highest BCUT2D eigenvalue weighted by Gasteiger charge is 2.07. The molecule has 0 bridgehead atoms. The van der Waals surface area contributed by atoms with E-state index in [1.807, 2.05) is 13.8 Å². The molecular weight excluding hydrogens is 184 g/mol. The Bertz CT molecular complexity index is 274. The van der Waals surface area contributed by atoms with Gasteiger partial charge in [0, 0.05) is 11.6 Å². The van der Waals surface area contributed by atoms with Crippen LogP contribution < -0.4 is 0 Å². The summed E-state index contributed by atoms with van der Waals surface area (Å²) in [6, 6.07) is 0. The monoisotopic (exact) mass is 198 g/mol. The lowest BCUT2D eigenvalue weighted by Gasteiger charge is -2.03. The second-order valence-corrected chi connectivity index (χ2v) is 3.29. The number of hydrogen-bond acceptors (Lipinski definition) is 2. The summed E-state index contributed by atoms with van der Waals surface area (Å²) in [5, 5.41) is 17.0. The molecule has 4 heteroatoms. The van der Waals surface area contributed by atoms with E-state index in [0.717, 1.165) is 6.08 Å². The molecule has 0 aliphatic rings. The van der Waals surface area contributed by atoms with Crippen LogP contribution in [0, 0.1) is 5.92 Å². The Hall–Kier alpha value is -1.58. The molecule has 0 saturated heterocycles. The van der Waals surface area contributed by atoms with Crippen molar-refractivity contribution in [2.24, 2.45) is 5.92 Å². The van der Waals surface area contributed by atoms with Crippen LogP contribution in [0.1, 0.15) is 20.3 Å². The number of hydrogen-bond donors (Lipinski definition) is 2. The first-order chi connectivity index (χ1) is 6.43. The van der Waals surface area contributed by atoms with E-state index in [0.29, 0.717) is 6.42 Å². The van der Waals surface area contributed by atoms with Gasteiger partial charge in [0.25, 0.3) is 0 Å². The Morgan fingerprint density at radius 2 is 1.86 bits per heavy atom. The van der Waals surface area contributed by atoms with Crippen molar-refractivity contribution in [3.63, 3.8) is 0 Å². The molecule has 0 saturated carbocycles. The summed E-state index contributed by atoms with van der Waals surface area (Å²) in [4.78, 5) is 20.8. The maximum Gasteiger partial charge on any atom is 0.331 e. The summed E-state index contributed by atoms with van der Waals surface area (Å²) in [6.07, 6.45) is 3.88. The Kier molecular flexibility index (Phi) is 5.29. The molecule has 0 fully saturated rings. The van der Waals surface area contributed by atoms with Gasteiger partial charge in [0.05, 0.1) is 0 Å². The molecule has 0 rings (SSSR count). The fraction of sp³-hybridized carbons (Fsp3) is 0.400. The summed E-state index contributed by atoms with van der Waals surface area (Å²) >= 11 is 0. The molecule has 0 heterocycles. The lowest BCUT2D eigenvalue weighted by molar-refractivity contribution is -0.133. The lowest BCUT2D eigenvalue weighted by Crippen LogP contribution is -2.03. The third kappa shape index (κ3) is 5.99. The van der Waals surface area contributed by atoms with E-state index in [4.69, 9.17) is 10.2 Å². The first kappa shape index (κ1) is 12.4. The average Bonchev–Trinajstić information content (AvgIpc) is 2.00. The molecule has 0 aliphatic heterocycles. The van der Waals surface area contributed by atoms with Crippen LogP contribution in [0.25, 0.3) is 0 Å². The molecular formula is C10H14O4. The topological polar surface area (TPSA) is 74.6 Å². The molecule has 0 aromatic rings. The molecule has 0 atom stereocenters. The minimum absolute atomic E-state index is 0.220. The van der Waals surface area contributed by atoms with Crippen molar-refractivity contribution in [3.8, 4) is 0 Å². The van der Waals surface area contributed by atoms with E-state index >= 15 is 0 Å². The van der Waals surface area contributed by atoms with Crippen LogP contribution in [-0.2, 0) is 9.59 Å². The van der Waals surface area contributed by atoms with Crippen molar-refractivity contribution in [3.05, 3.63) is 23.8 Å². The summed E-state index contributed by atoms with van der Waals surface area (Å²) in [6.45, 7) is 3.80. The SMILES string of the molecule is CC(C)CC(=CC=CC(=O)O)C(=O)O. The first-order valence-electron chi connectivity index (χ1n) is 4.27. The number of allylic oxidation sites excluding steroid dienone is 2. The fourth-order valence-electron chi connectivity index (χ4n) is 0.913. The maximum absolute atomic E-state index is 10.7. The quantitative estimate of drug-likeness (QED) is 0.520. The van der Waals surface area contributed by atoms with Gasteiger partial charge in [-0.3, -0.25) is 0 Å². The van der Waals surface area contributed by atoms with Crippen molar-refractivity contribution < 1.29 is 19.8 Å². The molecule has 0 unspecified atom stereocenters. The Labute approximate surface area is 82.6 Å². The van der Waals surface area contributed by atoms with Crippen LogP contribution in [0.15, 0.2) is 23.8 Å². The minimum Gasteiger partial charge on any atom is -0.478 e. The van der Waals surface area contributed by atoms with Gasteiger partial charge in [-0.1, -0.05) is 26.0 Å². The smallest absolute Gasteiger partial charge is 0.331 e. The standard InChI is InChI=1S/C10H14O4/c1-7(2)6-8(10(13)14)4-3-5-9(11)12/h3-5,7H,6H2,1-2H3,(H,11,12)(H,13,14). The molecule has 0 aromatic heterocycles. The predicted octanol–water partition coefficient (Wildman–Crippen LogP) is 1.68. The van der Waals surface area contributed by atoms with Crippen LogP contribution in [0.5, 0.6) is 0 Å². The van der Waals surface area contributed by atoms with Crippen LogP contribution in [0.2, 0.25) is 0 Å².